The van der Waals surface area contributed by atoms with Gasteiger partial charge in [0.05, 0.1) is 5.52 Å². The second-order valence-corrected chi connectivity index (χ2v) is 3.61. The Morgan fingerprint density at radius 3 is 2.93 bits per heavy atom. The molecule has 0 bridgehead atoms. The summed E-state index contributed by atoms with van der Waals surface area (Å²) in [6.45, 7) is 2.50. The lowest BCUT2D eigenvalue weighted by atomic mass is 10.2. The number of nitrogens with zero attached hydrogens (tertiary/aromatic N) is 1. The Balaban J connectivity index is 2.50. The first kappa shape index (κ1) is 9.98. The first-order valence-corrected chi connectivity index (χ1v) is 5.06. The van der Waals surface area contributed by atoms with E-state index in [0.717, 1.165) is 11.9 Å². The fraction of sp³-hybridized carbons (Fsp3) is 0.364. The molecule has 0 radical (unpaired) electrons. The Kier molecular flexibility index (Phi) is 2.60. The Bertz CT molecular complexity index is 513. The van der Waals surface area contributed by atoms with E-state index < -0.39 is 0 Å². The van der Waals surface area contributed by atoms with E-state index >= 15 is 0 Å². The predicted molar refractivity (Wildman–Crippen MR) is 58.7 cm³/mol. The van der Waals surface area contributed by atoms with Crippen molar-refractivity contribution < 1.29 is 4.42 Å². The number of para-hydroxylation sites is 2. The largest absolute Gasteiger partial charge is 0.420 e. The van der Waals surface area contributed by atoms with Crippen molar-refractivity contribution >= 4 is 11.1 Å². The monoisotopic (exact) mass is 206 g/mol. The highest BCUT2D eigenvalue weighted by atomic mass is 16.4. The number of fused-ring (bicyclic) bond motifs is 1. The SMILES string of the molecule is CC[C@H](N)Cn1c(=O)oc2ccccc21. The van der Waals surface area contributed by atoms with Gasteiger partial charge in [0.2, 0.25) is 0 Å². The molecule has 0 fully saturated rings. The molecule has 1 heterocycles. The first-order valence-electron chi connectivity index (χ1n) is 5.06. The molecule has 0 amide bonds. The molecule has 15 heavy (non-hydrogen) atoms. The normalized spacial score (nSPS) is 13.2. The lowest BCUT2D eigenvalue weighted by Gasteiger charge is -2.08. The molecule has 0 spiro atoms. The molecular weight excluding hydrogens is 192 g/mol. The van der Waals surface area contributed by atoms with Crippen molar-refractivity contribution in [2.45, 2.75) is 25.9 Å². The van der Waals surface area contributed by atoms with Crippen LogP contribution >= 0.6 is 0 Å². The summed E-state index contributed by atoms with van der Waals surface area (Å²) in [6.07, 6.45) is 0.839. The van der Waals surface area contributed by atoms with E-state index in [1.165, 1.54) is 0 Å². The number of aromatic nitrogens is 1. The molecule has 2 N–H and O–H groups in total. The Morgan fingerprint density at radius 2 is 2.20 bits per heavy atom. The molecule has 4 nitrogen and oxygen atoms in total. The summed E-state index contributed by atoms with van der Waals surface area (Å²) < 4.78 is 6.68. The minimum atomic E-state index is -0.333. The van der Waals surface area contributed by atoms with Gasteiger partial charge in [0.1, 0.15) is 0 Å². The number of rotatable bonds is 3. The van der Waals surface area contributed by atoms with Gasteiger partial charge in [-0.25, -0.2) is 4.79 Å². The molecule has 2 aromatic rings. The molecule has 1 atom stereocenters. The maximum Gasteiger partial charge on any atom is 0.420 e. The highest BCUT2D eigenvalue weighted by Gasteiger charge is 2.10. The highest BCUT2D eigenvalue weighted by Crippen LogP contribution is 2.11. The van der Waals surface area contributed by atoms with E-state index in [1.54, 1.807) is 10.6 Å². The van der Waals surface area contributed by atoms with E-state index in [9.17, 15) is 4.79 Å². The number of hydrogen-bond acceptors (Lipinski definition) is 3. The predicted octanol–water partition coefficient (Wildman–Crippen LogP) is 1.33. The van der Waals surface area contributed by atoms with Crippen molar-refractivity contribution in [3.05, 3.63) is 34.8 Å². The molecule has 0 aliphatic carbocycles. The van der Waals surface area contributed by atoms with Gasteiger partial charge in [-0.2, -0.15) is 0 Å². The van der Waals surface area contributed by atoms with Gasteiger partial charge in [-0.15, -0.1) is 0 Å². The van der Waals surface area contributed by atoms with Gasteiger partial charge in [0, 0.05) is 12.6 Å². The van der Waals surface area contributed by atoms with Crippen LogP contribution in [0.3, 0.4) is 0 Å². The maximum atomic E-state index is 11.5. The molecule has 1 aromatic heterocycles. The number of oxazole rings is 1. The summed E-state index contributed by atoms with van der Waals surface area (Å²) in [4.78, 5) is 11.5. The van der Waals surface area contributed by atoms with Crippen LogP contribution in [-0.2, 0) is 6.54 Å². The fourth-order valence-corrected chi connectivity index (χ4v) is 1.55. The second-order valence-electron chi connectivity index (χ2n) is 3.61. The fourth-order valence-electron chi connectivity index (χ4n) is 1.55. The second kappa shape index (κ2) is 3.90. The summed E-state index contributed by atoms with van der Waals surface area (Å²) in [7, 11) is 0. The first-order chi connectivity index (χ1) is 7.22. The number of nitrogens with two attached hydrogens (primary N) is 1. The molecule has 2 rings (SSSR count). The van der Waals surface area contributed by atoms with Crippen molar-refractivity contribution in [3.63, 3.8) is 0 Å². The Morgan fingerprint density at radius 1 is 1.47 bits per heavy atom. The van der Waals surface area contributed by atoms with Gasteiger partial charge in [-0.05, 0) is 18.6 Å². The van der Waals surface area contributed by atoms with Crippen molar-refractivity contribution in [2.24, 2.45) is 5.73 Å². The van der Waals surface area contributed by atoms with E-state index in [1.807, 2.05) is 25.1 Å². The third-order valence-electron chi connectivity index (χ3n) is 2.52. The van der Waals surface area contributed by atoms with Crippen LogP contribution in [0.5, 0.6) is 0 Å². The van der Waals surface area contributed by atoms with Crippen LogP contribution in [-0.4, -0.2) is 10.6 Å². The smallest absolute Gasteiger partial charge is 0.408 e. The van der Waals surface area contributed by atoms with Crippen molar-refractivity contribution in [3.8, 4) is 0 Å². The average Bonchev–Trinajstić information content (AvgIpc) is 2.55. The molecule has 0 aliphatic rings. The van der Waals surface area contributed by atoms with Gasteiger partial charge in [-0.3, -0.25) is 4.57 Å². The Hall–Kier alpha value is -1.55. The summed E-state index contributed by atoms with van der Waals surface area (Å²) in [5, 5.41) is 0. The average molecular weight is 206 g/mol. The third-order valence-corrected chi connectivity index (χ3v) is 2.52. The zero-order valence-corrected chi connectivity index (χ0v) is 8.64. The highest BCUT2D eigenvalue weighted by molar-refractivity contribution is 5.72. The molecule has 80 valence electrons. The summed E-state index contributed by atoms with van der Waals surface area (Å²) in [5.74, 6) is -0.333. The molecule has 0 saturated carbocycles. The molecule has 4 heteroatoms. The molecular formula is C11H14N2O2. The van der Waals surface area contributed by atoms with E-state index in [4.69, 9.17) is 10.2 Å². The van der Waals surface area contributed by atoms with Gasteiger partial charge in [0.25, 0.3) is 0 Å². The van der Waals surface area contributed by atoms with E-state index in [0.29, 0.717) is 12.1 Å². The van der Waals surface area contributed by atoms with Gasteiger partial charge in [0.15, 0.2) is 5.58 Å². The number of benzene rings is 1. The summed E-state index contributed by atoms with van der Waals surface area (Å²) in [6, 6.07) is 7.36. The third kappa shape index (κ3) is 1.80. The van der Waals surface area contributed by atoms with Crippen LogP contribution in [0.1, 0.15) is 13.3 Å². The lowest BCUT2D eigenvalue weighted by Crippen LogP contribution is -2.29. The van der Waals surface area contributed by atoms with Crippen molar-refractivity contribution in [1.82, 2.24) is 4.57 Å². The Labute approximate surface area is 87.3 Å². The standard InChI is InChI=1S/C11H14N2O2/c1-2-8(12)7-13-9-5-3-4-6-10(9)15-11(13)14/h3-6,8H,2,7,12H2,1H3/t8-/m0/s1. The van der Waals surface area contributed by atoms with E-state index in [-0.39, 0.29) is 11.8 Å². The van der Waals surface area contributed by atoms with Crippen molar-refractivity contribution in [2.75, 3.05) is 0 Å². The molecule has 0 unspecified atom stereocenters. The summed E-state index contributed by atoms with van der Waals surface area (Å²) in [5.41, 5.74) is 7.25. The zero-order valence-electron chi connectivity index (χ0n) is 8.64. The minimum absolute atomic E-state index is 0.0105. The molecule has 0 saturated heterocycles. The van der Waals surface area contributed by atoms with Gasteiger partial charge >= 0.3 is 5.76 Å². The number of hydrogen-bond donors (Lipinski definition) is 1. The minimum Gasteiger partial charge on any atom is -0.408 e. The summed E-state index contributed by atoms with van der Waals surface area (Å²) >= 11 is 0. The van der Waals surface area contributed by atoms with Gasteiger partial charge in [-0.1, -0.05) is 19.1 Å². The van der Waals surface area contributed by atoms with Gasteiger partial charge < -0.3 is 10.2 Å². The van der Waals surface area contributed by atoms with Crippen molar-refractivity contribution in [1.29, 1.82) is 0 Å². The van der Waals surface area contributed by atoms with Crippen LogP contribution in [0, 0.1) is 0 Å². The topological polar surface area (TPSA) is 61.2 Å². The van der Waals surface area contributed by atoms with Crippen LogP contribution in [0.2, 0.25) is 0 Å². The quantitative estimate of drug-likeness (QED) is 0.824. The molecule has 1 aromatic carbocycles. The maximum absolute atomic E-state index is 11.5. The molecule has 0 aliphatic heterocycles. The van der Waals surface area contributed by atoms with Crippen LogP contribution < -0.4 is 11.5 Å². The lowest BCUT2D eigenvalue weighted by molar-refractivity contribution is 0.469. The van der Waals surface area contributed by atoms with E-state index in [2.05, 4.69) is 0 Å². The van der Waals surface area contributed by atoms with Crippen LogP contribution in [0.25, 0.3) is 11.1 Å². The van der Waals surface area contributed by atoms with Crippen LogP contribution in [0.4, 0.5) is 0 Å². The van der Waals surface area contributed by atoms with Crippen LogP contribution in [0.15, 0.2) is 33.5 Å². The zero-order chi connectivity index (χ0) is 10.8.